The van der Waals surface area contributed by atoms with Gasteiger partial charge in [0.25, 0.3) is 0 Å². The standard InChI is InChI=1S/C14H14FN3O/c15-11-3-1-2-10(8-11)13-14(18-5-4-17-13)12-9-16-6-7-19-12/h1-5,8,12,16H,6-7,9H2/t12-/m0/s1. The third-order valence-electron chi connectivity index (χ3n) is 3.06. The molecule has 0 saturated carbocycles. The molecular weight excluding hydrogens is 245 g/mol. The van der Waals surface area contributed by atoms with Crippen LogP contribution in [-0.2, 0) is 4.74 Å². The Bertz CT molecular complexity index is 570. The van der Waals surface area contributed by atoms with Gasteiger partial charge in [0.05, 0.1) is 18.0 Å². The number of benzene rings is 1. The van der Waals surface area contributed by atoms with Crippen LogP contribution in [0.5, 0.6) is 0 Å². The van der Waals surface area contributed by atoms with Gasteiger partial charge in [-0.2, -0.15) is 0 Å². The summed E-state index contributed by atoms with van der Waals surface area (Å²) in [7, 11) is 0. The van der Waals surface area contributed by atoms with E-state index in [0.717, 1.165) is 17.8 Å². The average Bonchev–Trinajstić information content (AvgIpc) is 2.48. The molecule has 1 N–H and O–H groups in total. The minimum atomic E-state index is -0.281. The molecule has 0 radical (unpaired) electrons. The highest BCUT2D eigenvalue weighted by Crippen LogP contribution is 2.27. The van der Waals surface area contributed by atoms with Crippen molar-refractivity contribution in [3.63, 3.8) is 0 Å². The molecular formula is C14H14FN3O. The number of aromatic nitrogens is 2. The minimum absolute atomic E-state index is 0.138. The molecule has 1 aromatic carbocycles. The predicted molar refractivity (Wildman–Crippen MR) is 69.0 cm³/mol. The molecule has 1 fully saturated rings. The SMILES string of the molecule is Fc1cccc(-c2nccnc2[C@@H]2CNCCO2)c1. The van der Waals surface area contributed by atoms with E-state index in [9.17, 15) is 4.39 Å². The summed E-state index contributed by atoms with van der Waals surface area (Å²) in [5.74, 6) is -0.281. The van der Waals surface area contributed by atoms with Gasteiger partial charge in [0.15, 0.2) is 0 Å². The molecule has 0 bridgehead atoms. The van der Waals surface area contributed by atoms with Gasteiger partial charge in [0.1, 0.15) is 11.9 Å². The smallest absolute Gasteiger partial charge is 0.123 e. The maximum atomic E-state index is 13.3. The molecule has 0 unspecified atom stereocenters. The second-order valence-electron chi connectivity index (χ2n) is 4.36. The number of nitrogens with one attached hydrogen (secondary N) is 1. The molecule has 1 aliphatic heterocycles. The van der Waals surface area contributed by atoms with Gasteiger partial charge in [-0.05, 0) is 12.1 Å². The van der Waals surface area contributed by atoms with Gasteiger partial charge in [-0.15, -0.1) is 0 Å². The van der Waals surface area contributed by atoms with Crippen LogP contribution < -0.4 is 5.32 Å². The summed E-state index contributed by atoms with van der Waals surface area (Å²) in [6.07, 6.45) is 3.11. The Morgan fingerprint density at radius 1 is 1.26 bits per heavy atom. The maximum absolute atomic E-state index is 13.3. The summed E-state index contributed by atoms with van der Waals surface area (Å²) >= 11 is 0. The molecule has 98 valence electrons. The number of nitrogens with zero attached hydrogens (tertiary/aromatic N) is 2. The number of halogens is 1. The molecule has 3 rings (SSSR count). The fourth-order valence-electron chi connectivity index (χ4n) is 2.18. The van der Waals surface area contributed by atoms with Crippen molar-refractivity contribution >= 4 is 0 Å². The molecule has 1 aliphatic rings. The van der Waals surface area contributed by atoms with Gasteiger partial charge in [-0.1, -0.05) is 12.1 Å². The monoisotopic (exact) mass is 259 g/mol. The summed E-state index contributed by atoms with van der Waals surface area (Å²) in [4.78, 5) is 8.69. The van der Waals surface area contributed by atoms with Crippen molar-refractivity contribution < 1.29 is 9.13 Å². The normalized spacial score (nSPS) is 19.3. The van der Waals surface area contributed by atoms with E-state index in [2.05, 4.69) is 15.3 Å². The summed E-state index contributed by atoms with van der Waals surface area (Å²) < 4.78 is 19.0. The van der Waals surface area contributed by atoms with E-state index >= 15 is 0 Å². The Morgan fingerprint density at radius 3 is 2.95 bits per heavy atom. The van der Waals surface area contributed by atoms with E-state index in [0.29, 0.717) is 18.8 Å². The van der Waals surface area contributed by atoms with E-state index in [1.165, 1.54) is 12.1 Å². The van der Waals surface area contributed by atoms with Crippen LogP contribution in [0.15, 0.2) is 36.7 Å². The van der Waals surface area contributed by atoms with Crippen LogP contribution in [-0.4, -0.2) is 29.7 Å². The van der Waals surface area contributed by atoms with Crippen LogP contribution in [0, 0.1) is 5.82 Å². The Balaban J connectivity index is 2.01. The summed E-state index contributed by atoms with van der Waals surface area (Å²) in [6, 6.07) is 6.37. The van der Waals surface area contributed by atoms with Crippen molar-refractivity contribution in [1.82, 2.24) is 15.3 Å². The predicted octanol–water partition coefficient (Wildman–Crippen LogP) is 1.94. The topological polar surface area (TPSA) is 47.0 Å². The van der Waals surface area contributed by atoms with Crippen molar-refractivity contribution in [2.45, 2.75) is 6.10 Å². The number of morpholine rings is 1. The molecule has 0 spiro atoms. The number of ether oxygens (including phenoxy) is 1. The Labute approximate surface area is 110 Å². The number of hydrogen-bond donors (Lipinski definition) is 1. The lowest BCUT2D eigenvalue weighted by atomic mass is 10.1. The first-order valence-electron chi connectivity index (χ1n) is 6.24. The fourth-order valence-corrected chi connectivity index (χ4v) is 2.18. The lowest BCUT2D eigenvalue weighted by Gasteiger charge is -2.24. The first-order chi connectivity index (χ1) is 9.34. The van der Waals surface area contributed by atoms with Gasteiger partial charge in [0.2, 0.25) is 0 Å². The molecule has 1 aromatic heterocycles. The minimum Gasteiger partial charge on any atom is -0.369 e. The highest BCUT2D eigenvalue weighted by atomic mass is 19.1. The second-order valence-corrected chi connectivity index (χ2v) is 4.36. The largest absolute Gasteiger partial charge is 0.369 e. The second kappa shape index (κ2) is 5.42. The molecule has 4 nitrogen and oxygen atoms in total. The number of hydrogen-bond acceptors (Lipinski definition) is 4. The Hall–Kier alpha value is -1.85. The van der Waals surface area contributed by atoms with E-state index in [-0.39, 0.29) is 11.9 Å². The van der Waals surface area contributed by atoms with Crippen molar-refractivity contribution in [2.24, 2.45) is 0 Å². The summed E-state index contributed by atoms with van der Waals surface area (Å²) in [5, 5.41) is 3.26. The van der Waals surface area contributed by atoms with Crippen LogP contribution in [0.3, 0.4) is 0 Å². The van der Waals surface area contributed by atoms with Crippen LogP contribution in [0.1, 0.15) is 11.8 Å². The summed E-state index contributed by atoms with van der Waals surface area (Å²) in [6.45, 7) is 2.18. The van der Waals surface area contributed by atoms with E-state index in [1.54, 1.807) is 18.5 Å². The summed E-state index contributed by atoms with van der Waals surface area (Å²) in [5.41, 5.74) is 2.15. The first kappa shape index (κ1) is 12.2. The fraction of sp³-hybridized carbons (Fsp3) is 0.286. The lowest BCUT2D eigenvalue weighted by molar-refractivity contribution is 0.0252. The van der Waals surface area contributed by atoms with Crippen molar-refractivity contribution in [1.29, 1.82) is 0 Å². The van der Waals surface area contributed by atoms with Crippen LogP contribution in [0.4, 0.5) is 4.39 Å². The molecule has 1 saturated heterocycles. The molecule has 0 amide bonds. The van der Waals surface area contributed by atoms with Gasteiger partial charge < -0.3 is 10.1 Å². The van der Waals surface area contributed by atoms with Gasteiger partial charge in [-0.3, -0.25) is 9.97 Å². The molecule has 2 aromatic rings. The van der Waals surface area contributed by atoms with Crippen molar-refractivity contribution in [3.8, 4) is 11.3 Å². The van der Waals surface area contributed by atoms with Gasteiger partial charge >= 0.3 is 0 Å². The zero-order valence-corrected chi connectivity index (χ0v) is 10.3. The van der Waals surface area contributed by atoms with E-state index in [4.69, 9.17) is 4.74 Å². The Morgan fingerprint density at radius 2 is 2.16 bits per heavy atom. The van der Waals surface area contributed by atoms with Crippen LogP contribution >= 0.6 is 0 Å². The molecule has 2 heterocycles. The van der Waals surface area contributed by atoms with Gasteiger partial charge in [0, 0.05) is 31.0 Å². The highest BCUT2D eigenvalue weighted by molar-refractivity contribution is 5.61. The zero-order valence-electron chi connectivity index (χ0n) is 10.3. The van der Waals surface area contributed by atoms with Crippen molar-refractivity contribution in [3.05, 3.63) is 48.2 Å². The third-order valence-corrected chi connectivity index (χ3v) is 3.06. The van der Waals surface area contributed by atoms with E-state index < -0.39 is 0 Å². The van der Waals surface area contributed by atoms with E-state index in [1.807, 2.05) is 6.07 Å². The molecule has 0 aliphatic carbocycles. The van der Waals surface area contributed by atoms with Crippen LogP contribution in [0.2, 0.25) is 0 Å². The first-order valence-corrected chi connectivity index (χ1v) is 6.24. The lowest BCUT2D eigenvalue weighted by Crippen LogP contribution is -2.34. The Kier molecular flexibility index (Phi) is 3.48. The quantitative estimate of drug-likeness (QED) is 0.895. The maximum Gasteiger partial charge on any atom is 0.123 e. The number of rotatable bonds is 2. The van der Waals surface area contributed by atoms with Gasteiger partial charge in [-0.25, -0.2) is 4.39 Å². The van der Waals surface area contributed by atoms with Crippen LogP contribution in [0.25, 0.3) is 11.3 Å². The molecule has 19 heavy (non-hydrogen) atoms. The van der Waals surface area contributed by atoms with Crippen molar-refractivity contribution in [2.75, 3.05) is 19.7 Å². The highest BCUT2D eigenvalue weighted by Gasteiger charge is 2.21. The average molecular weight is 259 g/mol. The molecule has 1 atom stereocenters. The molecule has 5 heteroatoms. The third kappa shape index (κ3) is 2.62. The zero-order chi connectivity index (χ0) is 13.1.